The molecule has 4 heteroatoms. The number of nitrogens with zero attached hydrogens (tertiary/aromatic N) is 3. The van der Waals surface area contributed by atoms with Gasteiger partial charge in [0.05, 0.1) is 0 Å². The third-order valence-corrected chi connectivity index (χ3v) is 7.38. The van der Waals surface area contributed by atoms with Crippen molar-refractivity contribution < 1.29 is 4.42 Å². The lowest BCUT2D eigenvalue weighted by molar-refractivity contribution is 0.670. The second-order valence-electron chi connectivity index (χ2n) is 9.52. The molecule has 38 heavy (non-hydrogen) atoms. The van der Waals surface area contributed by atoms with Crippen molar-refractivity contribution in [1.82, 2.24) is 14.6 Å². The lowest BCUT2D eigenvalue weighted by atomic mass is 9.93. The van der Waals surface area contributed by atoms with Crippen LogP contribution >= 0.6 is 0 Å². The smallest absolute Gasteiger partial charge is 0.168 e. The SMILES string of the molecule is c1ccc(-c2cccc3c2oc2ccccc23)c(-c2ccc(-c3nnc4c5ccccc5ccn34)cc2)c1. The molecule has 0 aliphatic carbocycles. The van der Waals surface area contributed by atoms with Crippen molar-refractivity contribution in [3.8, 4) is 33.6 Å². The van der Waals surface area contributed by atoms with Crippen LogP contribution in [-0.2, 0) is 0 Å². The topological polar surface area (TPSA) is 43.3 Å². The maximum Gasteiger partial charge on any atom is 0.168 e. The Kier molecular flexibility index (Phi) is 4.49. The fraction of sp³-hybridized carbons (Fsp3) is 0. The van der Waals surface area contributed by atoms with Crippen LogP contribution < -0.4 is 0 Å². The molecule has 0 amide bonds. The Hall–Kier alpha value is -5.22. The summed E-state index contributed by atoms with van der Waals surface area (Å²) in [6, 6.07) is 42.1. The van der Waals surface area contributed by atoms with Gasteiger partial charge in [0, 0.05) is 33.5 Å². The number of para-hydroxylation sites is 2. The highest BCUT2D eigenvalue weighted by atomic mass is 16.3. The number of furan rings is 1. The zero-order valence-corrected chi connectivity index (χ0v) is 20.4. The van der Waals surface area contributed by atoms with Crippen LogP contribution in [0, 0.1) is 0 Å². The van der Waals surface area contributed by atoms with Crippen molar-refractivity contribution in [2.45, 2.75) is 0 Å². The predicted molar refractivity (Wildman–Crippen MR) is 154 cm³/mol. The highest BCUT2D eigenvalue weighted by Gasteiger charge is 2.16. The summed E-state index contributed by atoms with van der Waals surface area (Å²) in [5, 5.41) is 13.6. The van der Waals surface area contributed by atoms with Gasteiger partial charge in [-0.25, -0.2) is 0 Å². The number of fused-ring (bicyclic) bond motifs is 6. The molecule has 3 aromatic heterocycles. The number of hydrogen-bond acceptors (Lipinski definition) is 3. The second kappa shape index (κ2) is 8.15. The molecular weight excluding hydrogens is 466 g/mol. The Balaban J connectivity index is 1.24. The van der Waals surface area contributed by atoms with Gasteiger partial charge in [0.25, 0.3) is 0 Å². The Morgan fingerprint density at radius 1 is 0.500 bits per heavy atom. The molecule has 0 unspecified atom stereocenters. The monoisotopic (exact) mass is 487 g/mol. The minimum Gasteiger partial charge on any atom is -0.455 e. The molecule has 5 aromatic carbocycles. The fourth-order valence-electron chi connectivity index (χ4n) is 5.54. The normalized spacial score (nSPS) is 11.7. The standard InChI is InChI=1S/C34H21N3O/c1-2-10-26-22(8-1)20-21-37-33(35-36-34(26)37)24-18-16-23(17-19-24)25-9-3-4-11-27(25)29-13-7-14-30-28-12-5-6-15-31(28)38-32(29)30/h1-21H. The Morgan fingerprint density at radius 2 is 1.18 bits per heavy atom. The average Bonchev–Trinajstić information content (AvgIpc) is 3.59. The van der Waals surface area contributed by atoms with Crippen molar-refractivity contribution in [2.75, 3.05) is 0 Å². The van der Waals surface area contributed by atoms with Gasteiger partial charge in [0.15, 0.2) is 11.5 Å². The molecular formula is C34H21N3O. The molecule has 0 saturated carbocycles. The van der Waals surface area contributed by atoms with Crippen LogP contribution in [0.2, 0.25) is 0 Å². The van der Waals surface area contributed by atoms with E-state index in [4.69, 9.17) is 4.42 Å². The summed E-state index contributed by atoms with van der Waals surface area (Å²) in [5.74, 6) is 0.831. The molecule has 4 nitrogen and oxygen atoms in total. The lowest BCUT2D eigenvalue weighted by Gasteiger charge is -2.11. The first-order chi connectivity index (χ1) is 18.8. The first kappa shape index (κ1) is 20.9. The average molecular weight is 488 g/mol. The van der Waals surface area contributed by atoms with Crippen LogP contribution in [0.3, 0.4) is 0 Å². The van der Waals surface area contributed by atoms with E-state index in [-0.39, 0.29) is 0 Å². The summed E-state index contributed by atoms with van der Waals surface area (Å²) < 4.78 is 8.41. The molecule has 0 spiro atoms. The number of aromatic nitrogens is 3. The Bertz CT molecular complexity index is 2130. The minimum absolute atomic E-state index is 0.831. The van der Waals surface area contributed by atoms with Crippen molar-refractivity contribution in [3.63, 3.8) is 0 Å². The maximum absolute atomic E-state index is 6.35. The van der Waals surface area contributed by atoms with Gasteiger partial charge in [-0.1, -0.05) is 109 Å². The molecule has 3 heterocycles. The van der Waals surface area contributed by atoms with Crippen LogP contribution in [-0.4, -0.2) is 14.6 Å². The Morgan fingerprint density at radius 3 is 2.08 bits per heavy atom. The van der Waals surface area contributed by atoms with Gasteiger partial charge in [-0.3, -0.25) is 4.40 Å². The molecule has 178 valence electrons. The first-order valence-corrected chi connectivity index (χ1v) is 12.7. The number of hydrogen-bond donors (Lipinski definition) is 0. The summed E-state index contributed by atoms with van der Waals surface area (Å²) in [6.45, 7) is 0. The van der Waals surface area contributed by atoms with E-state index in [0.29, 0.717) is 0 Å². The molecule has 0 bridgehead atoms. The van der Waals surface area contributed by atoms with Crippen LogP contribution in [0.15, 0.2) is 132 Å². The van der Waals surface area contributed by atoms with Crippen molar-refractivity contribution in [2.24, 2.45) is 0 Å². The van der Waals surface area contributed by atoms with Gasteiger partial charge in [-0.05, 0) is 34.2 Å². The van der Waals surface area contributed by atoms with E-state index in [1.807, 2.05) is 30.5 Å². The van der Waals surface area contributed by atoms with E-state index in [2.05, 4.69) is 112 Å². The summed E-state index contributed by atoms with van der Waals surface area (Å²) in [4.78, 5) is 0. The second-order valence-corrected chi connectivity index (χ2v) is 9.52. The maximum atomic E-state index is 6.35. The van der Waals surface area contributed by atoms with E-state index >= 15 is 0 Å². The molecule has 0 atom stereocenters. The van der Waals surface area contributed by atoms with Crippen molar-refractivity contribution in [3.05, 3.63) is 128 Å². The van der Waals surface area contributed by atoms with Gasteiger partial charge >= 0.3 is 0 Å². The highest BCUT2D eigenvalue weighted by Crippen LogP contribution is 2.40. The van der Waals surface area contributed by atoms with Crippen LogP contribution in [0.1, 0.15) is 0 Å². The minimum atomic E-state index is 0.831. The van der Waals surface area contributed by atoms with E-state index in [1.54, 1.807) is 0 Å². The van der Waals surface area contributed by atoms with Gasteiger partial charge in [0.2, 0.25) is 0 Å². The van der Waals surface area contributed by atoms with E-state index in [0.717, 1.165) is 72.0 Å². The third kappa shape index (κ3) is 3.10. The zero-order chi connectivity index (χ0) is 25.1. The predicted octanol–water partition coefficient (Wildman–Crippen LogP) is 8.78. The highest BCUT2D eigenvalue weighted by molar-refractivity contribution is 6.10. The molecule has 8 aromatic rings. The molecule has 0 saturated heterocycles. The quantitative estimate of drug-likeness (QED) is 0.250. The van der Waals surface area contributed by atoms with Gasteiger partial charge < -0.3 is 4.42 Å². The zero-order valence-electron chi connectivity index (χ0n) is 20.4. The van der Waals surface area contributed by atoms with E-state index in [1.165, 1.54) is 0 Å². The summed E-state index contributed by atoms with van der Waals surface area (Å²) in [6.07, 6.45) is 2.05. The summed E-state index contributed by atoms with van der Waals surface area (Å²) >= 11 is 0. The lowest BCUT2D eigenvalue weighted by Crippen LogP contribution is -1.90. The Labute approximate surface area is 218 Å². The molecule has 0 aliphatic rings. The van der Waals surface area contributed by atoms with Crippen LogP contribution in [0.4, 0.5) is 0 Å². The van der Waals surface area contributed by atoms with E-state index in [9.17, 15) is 0 Å². The third-order valence-electron chi connectivity index (χ3n) is 7.38. The molecule has 8 rings (SSSR count). The molecule has 0 fully saturated rings. The summed E-state index contributed by atoms with van der Waals surface area (Å²) in [7, 11) is 0. The van der Waals surface area contributed by atoms with E-state index < -0.39 is 0 Å². The first-order valence-electron chi connectivity index (χ1n) is 12.7. The fourth-order valence-corrected chi connectivity index (χ4v) is 5.54. The van der Waals surface area contributed by atoms with Crippen LogP contribution in [0.5, 0.6) is 0 Å². The molecule has 0 radical (unpaired) electrons. The number of pyridine rings is 1. The number of rotatable bonds is 3. The largest absolute Gasteiger partial charge is 0.455 e. The van der Waals surface area contributed by atoms with Crippen LogP contribution in [0.25, 0.3) is 72.0 Å². The summed E-state index contributed by atoms with van der Waals surface area (Å²) in [5.41, 5.74) is 8.24. The van der Waals surface area contributed by atoms with Gasteiger partial charge in [-0.2, -0.15) is 0 Å². The number of benzene rings is 5. The van der Waals surface area contributed by atoms with Crippen molar-refractivity contribution in [1.29, 1.82) is 0 Å². The molecule has 0 aliphatic heterocycles. The van der Waals surface area contributed by atoms with Crippen molar-refractivity contribution >= 4 is 38.4 Å². The molecule has 0 N–H and O–H groups in total. The van der Waals surface area contributed by atoms with Gasteiger partial charge in [0.1, 0.15) is 11.2 Å². The van der Waals surface area contributed by atoms with Gasteiger partial charge in [-0.15, -0.1) is 10.2 Å².